The van der Waals surface area contributed by atoms with Gasteiger partial charge in [-0.2, -0.15) is 5.26 Å². The molecule has 1 aromatic rings. The SMILES string of the molecule is N#CN1C(=O)CN(C(=N)N)Cc2cc(F)ccc21. The minimum Gasteiger partial charge on any atom is -0.370 e. The Kier molecular flexibility index (Phi) is 2.85. The first-order chi connectivity index (χ1) is 8.52. The fraction of sp³-hybridized carbons (Fsp3) is 0.182. The fourth-order valence-corrected chi connectivity index (χ4v) is 1.81. The number of carbonyl (C=O) groups excluding carboxylic acids is 1. The van der Waals surface area contributed by atoms with Gasteiger partial charge in [-0.05, 0) is 23.8 Å². The molecule has 0 spiro atoms. The summed E-state index contributed by atoms with van der Waals surface area (Å²) in [6.07, 6.45) is 1.75. The van der Waals surface area contributed by atoms with Crippen molar-refractivity contribution in [3.05, 3.63) is 29.6 Å². The van der Waals surface area contributed by atoms with E-state index in [0.29, 0.717) is 11.3 Å². The highest BCUT2D eigenvalue weighted by Crippen LogP contribution is 2.25. The molecule has 0 unspecified atom stereocenters. The molecule has 0 saturated heterocycles. The third kappa shape index (κ3) is 1.96. The summed E-state index contributed by atoms with van der Waals surface area (Å²) < 4.78 is 13.2. The normalized spacial score (nSPS) is 14.8. The first kappa shape index (κ1) is 11.9. The highest BCUT2D eigenvalue weighted by atomic mass is 19.1. The predicted octanol–water partition coefficient (Wildman–Crippen LogP) is 0.349. The van der Waals surface area contributed by atoms with Crippen LogP contribution in [0.1, 0.15) is 5.56 Å². The lowest BCUT2D eigenvalue weighted by Crippen LogP contribution is -2.41. The summed E-state index contributed by atoms with van der Waals surface area (Å²) in [4.78, 5) is 14.0. The third-order valence-electron chi connectivity index (χ3n) is 2.66. The number of guanidine groups is 1. The monoisotopic (exact) mass is 247 g/mol. The van der Waals surface area contributed by atoms with Crippen molar-refractivity contribution in [2.45, 2.75) is 6.54 Å². The summed E-state index contributed by atoms with van der Waals surface area (Å²) in [6, 6.07) is 3.78. The number of halogens is 1. The molecule has 2 rings (SSSR count). The van der Waals surface area contributed by atoms with Gasteiger partial charge in [0.25, 0.3) is 5.91 Å². The van der Waals surface area contributed by atoms with Gasteiger partial charge in [0.05, 0.1) is 5.69 Å². The van der Waals surface area contributed by atoms with Crippen molar-refractivity contribution in [1.29, 1.82) is 10.7 Å². The number of hydrogen-bond acceptors (Lipinski definition) is 3. The maximum Gasteiger partial charge on any atom is 0.259 e. The molecule has 6 nitrogen and oxygen atoms in total. The van der Waals surface area contributed by atoms with Gasteiger partial charge in [-0.15, -0.1) is 0 Å². The number of hydrogen-bond donors (Lipinski definition) is 2. The Balaban J connectivity index is 2.54. The zero-order valence-electron chi connectivity index (χ0n) is 9.35. The molecule has 18 heavy (non-hydrogen) atoms. The number of fused-ring (bicyclic) bond motifs is 1. The Bertz CT molecular complexity index is 565. The van der Waals surface area contributed by atoms with E-state index in [4.69, 9.17) is 16.4 Å². The highest BCUT2D eigenvalue weighted by Gasteiger charge is 2.27. The van der Waals surface area contributed by atoms with Crippen LogP contribution in [0.25, 0.3) is 0 Å². The Labute approximate surface area is 103 Å². The van der Waals surface area contributed by atoms with E-state index < -0.39 is 11.7 Å². The van der Waals surface area contributed by atoms with Crippen molar-refractivity contribution < 1.29 is 9.18 Å². The van der Waals surface area contributed by atoms with E-state index in [-0.39, 0.29) is 19.0 Å². The minimum absolute atomic E-state index is 0.117. The summed E-state index contributed by atoms with van der Waals surface area (Å²) in [5.74, 6) is -1.26. The average Bonchev–Trinajstić information content (AvgIpc) is 2.44. The lowest BCUT2D eigenvalue weighted by Gasteiger charge is -2.18. The zero-order chi connectivity index (χ0) is 13.3. The van der Waals surface area contributed by atoms with E-state index in [9.17, 15) is 9.18 Å². The number of nitrogens with one attached hydrogen (secondary N) is 1. The number of carbonyl (C=O) groups is 1. The van der Waals surface area contributed by atoms with Gasteiger partial charge in [-0.3, -0.25) is 10.2 Å². The second kappa shape index (κ2) is 4.33. The van der Waals surface area contributed by atoms with Crippen molar-refractivity contribution >= 4 is 17.6 Å². The van der Waals surface area contributed by atoms with Gasteiger partial charge in [0.15, 0.2) is 12.2 Å². The van der Waals surface area contributed by atoms with Gasteiger partial charge >= 0.3 is 0 Å². The van der Waals surface area contributed by atoms with E-state index in [1.165, 1.54) is 23.1 Å². The van der Waals surface area contributed by atoms with Crippen LogP contribution < -0.4 is 10.6 Å². The van der Waals surface area contributed by atoms with Crippen LogP contribution in [0.2, 0.25) is 0 Å². The number of rotatable bonds is 0. The standard InChI is InChI=1S/C11H10FN5O/c12-8-1-2-9-7(3-8)4-16(11(14)15)5-10(18)17(9)6-13/h1-3H,4-5H2,(H3,14,15). The molecule has 1 aliphatic heterocycles. The Morgan fingerprint density at radius 1 is 1.50 bits per heavy atom. The van der Waals surface area contributed by atoms with Gasteiger partial charge in [0.1, 0.15) is 12.4 Å². The van der Waals surface area contributed by atoms with Crippen LogP contribution >= 0.6 is 0 Å². The summed E-state index contributed by atoms with van der Waals surface area (Å²) in [6.45, 7) is -0.0639. The minimum atomic E-state index is -0.502. The van der Waals surface area contributed by atoms with Crippen LogP contribution in [0, 0.1) is 22.7 Å². The maximum atomic E-state index is 13.2. The van der Waals surface area contributed by atoms with E-state index in [1.54, 1.807) is 6.19 Å². The molecule has 1 aliphatic rings. The van der Waals surface area contributed by atoms with Gasteiger partial charge in [0, 0.05) is 6.54 Å². The molecule has 1 amide bonds. The van der Waals surface area contributed by atoms with Crippen LogP contribution in [0.5, 0.6) is 0 Å². The van der Waals surface area contributed by atoms with Crippen LogP contribution in [0.3, 0.4) is 0 Å². The number of benzene rings is 1. The van der Waals surface area contributed by atoms with Crippen LogP contribution in [0.15, 0.2) is 18.2 Å². The second-order valence-corrected chi connectivity index (χ2v) is 3.84. The number of nitrogens with two attached hydrogens (primary N) is 1. The summed E-state index contributed by atoms with van der Waals surface area (Å²) in [5.41, 5.74) is 6.11. The van der Waals surface area contributed by atoms with Crippen molar-refractivity contribution in [3.8, 4) is 6.19 Å². The van der Waals surface area contributed by atoms with E-state index >= 15 is 0 Å². The lowest BCUT2D eigenvalue weighted by molar-refractivity contribution is -0.118. The fourth-order valence-electron chi connectivity index (χ4n) is 1.81. The summed E-state index contributed by atoms with van der Waals surface area (Å²) in [5, 5.41) is 16.3. The average molecular weight is 247 g/mol. The van der Waals surface area contributed by atoms with Crippen molar-refractivity contribution in [2.24, 2.45) is 5.73 Å². The Morgan fingerprint density at radius 2 is 2.22 bits per heavy atom. The molecule has 0 bridgehead atoms. The number of nitriles is 1. The van der Waals surface area contributed by atoms with Crippen LogP contribution in [-0.2, 0) is 11.3 Å². The number of amides is 1. The predicted molar refractivity (Wildman–Crippen MR) is 61.8 cm³/mol. The highest BCUT2D eigenvalue weighted by molar-refractivity contribution is 6.00. The second-order valence-electron chi connectivity index (χ2n) is 3.84. The van der Waals surface area contributed by atoms with Gasteiger partial charge in [0.2, 0.25) is 0 Å². The summed E-state index contributed by atoms with van der Waals surface area (Å²) in [7, 11) is 0. The Hall–Kier alpha value is -2.62. The molecule has 7 heteroatoms. The number of nitrogens with zero attached hydrogens (tertiary/aromatic N) is 3. The van der Waals surface area contributed by atoms with Gasteiger partial charge in [-0.1, -0.05) is 0 Å². The van der Waals surface area contributed by atoms with Crippen LogP contribution in [-0.4, -0.2) is 23.3 Å². The van der Waals surface area contributed by atoms with Crippen LogP contribution in [0.4, 0.5) is 10.1 Å². The molecule has 3 N–H and O–H groups in total. The molecule has 0 aliphatic carbocycles. The molecule has 0 fully saturated rings. The molecule has 0 saturated carbocycles. The van der Waals surface area contributed by atoms with E-state index in [0.717, 1.165) is 4.90 Å². The Morgan fingerprint density at radius 3 is 2.83 bits per heavy atom. The van der Waals surface area contributed by atoms with Crippen molar-refractivity contribution in [1.82, 2.24) is 4.90 Å². The topological polar surface area (TPSA) is 97.2 Å². The molecular formula is C11H10FN5O. The van der Waals surface area contributed by atoms with Gasteiger partial charge in [-0.25, -0.2) is 9.29 Å². The first-order valence-electron chi connectivity index (χ1n) is 5.13. The van der Waals surface area contributed by atoms with Crippen molar-refractivity contribution in [2.75, 3.05) is 11.4 Å². The third-order valence-corrected chi connectivity index (χ3v) is 2.66. The molecule has 0 radical (unpaired) electrons. The molecule has 1 aromatic carbocycles. The molecular weight excluding hydrogens is 237 g/mol. The van der Waals surface area contributed by atoms with E-state index in [2.05, 4.69) is 0 Å². The van der Waals surface area contributed by atoms with Gasteiger partial charge < -0.3 is 10.6 Å². The molecule has 92 valence electrons. The van der Waals surface area contributed by atoms with Crippen molar-refractivity contribution in [3.63, 3.8) is 0 Å². The maximum absolute atomic E-state index is 13.2. The first-order valence-corrected chi connectivity index (χ1v) is 5.13. The zero-order valence-corrected chi connectivity index (χ0v) is 9.35. The summed E-state index contributed by atoms with van der Waals surface area (Å²) >= 11 is 0. The number of anilines is 1. The molecule has 0 atom stereocenters. The molecule has 1 heterocycles. The smallest absolute Gasteiger partial charge is 0.259 e. The molecule has 0 aromatic heterocycles. The lowest BCUT2D eigenvalue weighted by atomic mass is 10.1. The largest absolute Gasteiger partial charge is 0.370 e. The van der Waals surface area contributed by atoms with E-state index in [1.807, 2.05) is 0 Å². The quantitative estimate of drug-likeness (QED) is 0.392.